The summed E-state index contributed by atoms with van der Waals surface area (Å²) in [7, 11) is 0. The number of aromatic nitrogens is 1. The first-order chi connectivity index (χ1) is 14.9. The van der Waals surface area contributed by atoms with E-state index < -0.39 is 30.1 Å². The van der Waals surface area contributed by atoms with Crippen molar-refractivity contribution >= 4 is 42.3 Å². The Morgan fingerprint density at radius 2 is 1.65 bits per heavy atom. The van der Waals surface area contributed by atoms with E-state index in [1.807, 2.05) is 53.5 Å². The van der Waals surface area contributed by atoms with Crippen LogP contribution in [0.5, 0.6) is 0 Å². The third-order valence-electron chi connectivity index (χ3n) is 5.03. The number of nitrogens with one attached hydrogen (secondary N) is 1. The SMILES string of the molecule is O=C(C[n+]1ccc(/C=C/c2ccc(N3CC(O)C(O)C3)cc2)cc1)NC(CS)C(=O)[O-]. The highest BCUT2D eigenvalue weighted by molar-refractivity contribution is 7.80. The van der Waals surface area contributed by atoms with E-state index >= 15 is 0 Å². The first-order valence-electron chi connectivity index (χ1n) is 9.85. The number of carboxylic acid groups (broad SMARTS) is 1. The molecule has 1 amide bonds. The summed E-state index contributed by atoms with van der Waals surface area (Å²) in [6, 6.07) is 10.4. The summed E-state index contributed by atoms with van der Waals surface area (Å²) in [5, 5.41) is 32.6. The lowest BCUT2D eigenvalue weighted by molar-refractivity contribution is -0.684. The monoisotopic (exact) mass is 443 g/mol. The fourth-order valence-electron chi connectivity index (χ4n) is 3.24. The van der Waals surface area contributed by atoms with Gasteiger partial charge >= 0.3 is 0 Å². The maximum Gasteiger partial charge on any atom is 0.286 e. The van der Waals surface area contributed by atoms with Gasteiger partial charge in [-0.05, 0) is 23.3 Å². The molecule has 2 heterocycles. The number of carbonyl (C=O) groups is 2. The standard InChI is InChI=1S/C22H25N3O5S/c26-19-11-25(12-20(19)27)17-5-3-15(4-6-17)1-2-16-7-9-24(10-8-16)13-21(28)23-18(14-31)22(29)30/h1-10,18-20,26-27H,11-14H2,(H2-,23,28,29,30,31). The Morgan fingerprint density at radius 3 is 2.16 bits per heavy atom. The molecule has 1 saturated heterocycles. The zero-order valence-corrected chi connectivity index (χ0v) is 17.7. The van der Waals surface area contributed by atoms with Gasteiger partial charge in [0.1, 0.15) is 0 Å². The van der Waals surface area contributed by atoms with Gasteiger partial charge in [-0.2, -0.15) is 17.2 Å². The molecule has 0 saturated carbocycles. The molecule has 1 aliphatic heterocycles. The minimum absolute atomic E-state index is 0.0110. The van der Waals surface area contributed by atoms with E-state index in [1.165, 1.54) is 0 Å². The molecule has 3 atom stereocenters. The number of rotatable bonds is 8. The number of β-amino-alcohol motifs (C(OH)–C–C–N with tert-alkyl or cyclic N) is 2. The maximum atomic E-state index is 11.9. The minimum atomic E-state index is -1.36. The van der Waals surface area contributed by atoms with Crippen molar-refractivity contribution in [3.8, 4) is 0 Å². The number of nitrogens with zero attached hydrogens (tertiary/aromatic N) is 2. The van der Waals surface area contributed by atoms with E-state index in [2.05, 4.69) is 17.9 Å². The van der Waals surface area contributed by atoms with Crippen molar-refractivity contribution in [2.45, 2.75) is 24.8 Å². The summed E-state index contributed by atoms with van der Waals surface area (Å²) >= 11 is 3.89. The van der Waals surface area contributed by atoms with E-state index in [4.69, 9.17) is 0 Å². The van der Waals surface area contributed by atoms with Gasteiger partial charge in [-0.1, -0.05) is 24.3 Å². The molecule has 1 aromatic heterocycles. The lowest BCUT2D eigenvalue weighted by Gasteiger charge is -2.17. The topological polar surface area (TPSA) is 117 Å². The Kier molecular flexibility index (Phi) is 7.67. The third-order valence-corrected chi connectivity index (χ3v) is 5.40. The molecule has 0 aliphatic carbocycles. The molecule has 9 heteroatoms. The van der Waals surface area contributed by atoms with Gasteiger partial charge in [-0.15, -0.1) is 0 Å². The molecule has 0 spiro atoms. The number of carbonyl (C=O) groups excluding carboxylic acids is 2. The molecule has 3 rings (SSSR count). The van der Waals surface area contributed by atoms with Crippen LogP contribution < -0.4 is 19.9 Å². The molecule has 164 valence electrons. The number of hydrogen-bond donors (Lipinski definition) is 4. The number of anilines is 1. The number of carboxylic acids is 1. The van der Waals surface area contributed by atoms with Gasteiger partial charge in [-0.25, -0.2) is 0 Å². The second-order valence-electron chi connectivity index (χ2n) is 7.39. The van der Waals surface area contributed by atoms with Crippen LogP contribution in [-0.4, -0.2) is 59.2 Å². The molecular weight excluding hydrogens is 418 g/mol. The highest BCUT2D eigenvalue weighted by atomic mass is 32.1. The number of aliphatic hydroxyl groups excluding tert-OH is 2. The average Bonchev–Trinajstić information content (AvgIpc) is 3.10. The number of aliphatic hydroxyl groups is 2. The summed E-state index contributed by atoms with van der Waals surface area (Å²) < 4.78 is 1.64. The fraction of sp³-hybridized carbons (Fsp3) is 0.318. The van der Waals surface area contributed by atoms with Crippen molar-refractivity contribution in [2.75, 3.05) is 23.7 Å². The lowest BCUT2D eigenvalue weighted by atomic mass is 10.1. The number of aliphatic carboxylic acids is 1. The lowest BCUT2D eigenvalue weighted by Crippen LogP contribution is -2.52. The molecule has 0 bridgehead atoms. The van der Waals surface area contributed by atoms with Crippen LogP contribution >= 0.6 is 12.6 Å². The summed E-state index contributed by atoms with van der Waals surface area (Å²) in [6.45, 7) is 0.824. The van der Waals surface area contributed by atoms with Gasteiger partial charge in [0, 0.05) is 36.7 Å². The number of hydrogen-bond acceptors (Lipinski definition) is 7. The van der Waals surface area contributed by atoms with Crippen molar-refractivity contribution in [2.24, 2.45) is 0 Å². The summed E-state index contributed by atoms with van der Waals surface area (Å²) in [4.78, 5) is 24.7. The molecule has 3 N–H and O–H groups in total. The van der Waals surface area contributed by atoms with Gasteiger partial charge in [0.2, 0.25) is 6.54 Å². The van der Waals surface area contributed by atoms with Crippen molar-refractivity contribution < 1.29 is 29.5 Å². The van der Waals surface area contributed by atoms with Gasteiger partial charge in [0.05, 0.1) is 24.2 Å². The molecule has 31 heavy (non-hydrogen) atoms. The molecule has 2 aromatic rings. The van der Waals surface area contributed by atoms with Gasteiger partial charge in [0.25, 0.3) is 5.91 Å². The summed E-state index contributed by atoms with van der Waals surface area (Å²) in [5.74, 6) is -1.84. The molecule has 1 aliphatic rings. The van der Waals surface area contributed by atoms with Crippen LogP contribution in [0.4, 0.5) is 5.69 Å². The average molecular weight is 444 g/mol. The van der Waals surface area contributed by atoms with E-state index in [0.717, 1.165) is 16.8 Å². The van der Waals surface area contributed by atoms with Crippen LogP contribution in [0.2, 0.25) is 0 Å². The highest BCUT2D eigenvalue weighted by Crippen LogP contribution is 2.21. The Morgan fingerprint density at radius 1 is 1.10 bits per heavy atom. The van der Waals surface area contributed by atoms with Crippen molar-refractivity contribution in [1.82, 2.24) is 5.32 Å². The van der Waals surface area contributed by atoms with Crippen LogP contribution in [0.3, 0.4) is 0 Å². The van der Waals surface area contributed by atoms with Crippen molar-refractivity contribution in [1.29, 1.82) is 0 Å². The molecule has 1 aromatic carbocycles. The Balaban J connectivity index is 1.54. The Bertz CT molecular complexity index is 923. The predicted molar refractivity (Wildman–Crippen MR) is 117 cm³/mol. The first kappa shape index (κ1) is 22.8. The third kappa shape index (κ3) is 6.30. The highest BCUT2D eigenvalue weighted by Gasteiger charge is 2.29. The van der Waals surface area contributed by atoms with Crippen LogP contribution in [-0.2, 0) is 16.1 Å². The second-order valence-corrected chi connectivity index (χ2v) is 7.76. The Labute approximate surface area is 185 Å². The summed E-state index contributed by atoms with van der Waals surface area (Å²) in [5.41, 5.74) is 2.89. The number of amides is 1. The largest absolute Gasteiger partial charge is 0.548 e. The van der Waals surface area contributed by atoms with E-state index in [1.54, 1.807) is 17.0 Å². The van der Waals surface area contributed by atoms with Crippen LogP contribution in [0.15, 0.2) is 48.8 Å². The second kappa shape index (κ2) is 10.4. The van der Waals surface area contributed by atoms with Gasteiger partial charge in [0.15, 0.2) is 12.4 Å². The zero-order valence-electron chi connectivity index (χ0n) is 16.8. The van der Waals surface area contributed by atoms with Crippen LogP contribution in [0, 0.1) is 0 Å². The predicted octanol–water partition coefficient (Wildman–Crippen LogP) is -1.15. The smallest absolute Gasteiger partial charge is 0.286 e. The summed E-state index contributed by atoms with van der Waals surface area (Å²) in [6.07, 6.45) is 5.94. The van der Waals surface area contributed by atoms with Gasteiger partial charge < -0.3 is 30.3 Å². The number of benzene rings is 1. The fourth-order valence-corrected chi connectivity index (χ4v) is 3.48. The minimum Gasteiger partial charge on any atom is -0.548 e. The molecule has 3 unspecified atom stereocenters. The molecular formula is C22H25N3O5S. The molecule has 0 radical (unpaired) electrons. The molecule has 1 fully saturated rings. The number of thiol groups is 1. The van der Waals surface area contributed by atoms with Crippen LogP contribution in [0.25, 0.3) is 12.2 Å². The van der Waals surface area contributed by atoms with Crippen molar-refractivity contribution in [3.63, 3.8) is 0 Å². The Hall–Kier alpha value is -2.88. The van der Waals surface area contributed by atoms with E-state index in [9.17, 15) is 24.9 Å². The zero-order chi connectivity index (χ0) is 22.4. The van der Waals surface area contributed by atoms with E-state index in [-0.39, 0.29) is 12.3 Å². The van der Waals surface area contributed by atoms with Crippen molar-refractivity contribution in [3.05, 3.63) is 59.9 Å². The quantitative estimate of drug-likeness (QED) is 0.303. The maximum absolute atomic E-state index is 11.9. The normalized spacial score (nSPS) is 19.5. The van der Waals surface area contributed by atoms with Gasteiger partial charge in [-0.3, -0.25) is 4.79 Å². The molecule has 8 nitrogen and oxygen atoms in total. The number of pyridine rings is 1. The van der Waals surface area contributed by atoms with Crippen LogP contribution in [0.1, 0.15) is 11.1 Å². The van der Waals surface area contributed by atoms with E-state index in [0.29, 0.717) is 13.1 Å². The first-order valence-corrected chi connectivity index (χ1v) is 10.5.